The highest BCUT2D eigenvalue weighted by atomic mass is 35.5. The Morgan fingerprint density at radius 2 is 2.07 bits per heavy atom. The number of amides is 1. The number of nitrogens with one attached hydrogen (secondary N) is 2. The molecule has 1 aliphatic rings. The van der Waals surface area contributed by atoms with Gasteiger partial charge in [-0.2, -0.15) is 5.10 Å². The van der Waals surface area contributed by atoms with Crippen molar-refractivity contribution in [3.05, 3.63) is 47.3 Å². The minimum Gasteiger partial charge on any atom is -0.312 e. The standard InChI is InChI=1S/C18H14ClFN6O.C3H6/c1-3-9(2)14-17(20)16(19)15(10-4-23-25-18(10)14)11-6-26-7-12(22-8-27)24-13(26)5-21-11;1-2-3-1/h3-8H,1-2H3,(H,22,27)(H,23,25);1-3H2/b9-3+;. The van der Waals surface area contributed by atoms with E-state index in [9.17, 15) is 4.79 Å². The lowest BCUT2D eigenvalue weighted by Crippen LogP contribution is -1.97. The molecule has 0 unspecified atom stereocenters. The number of aromatic amines is 1. The van der Waals surface area contributed by atoms with Gasteiger partial charge in [0.2, 0.25) is 6.41 Å². The van der Waals surface area contributed by atoms with Gasteiger partial charge in [-0.1, -0.05) is 36.9 Å². The highest BCUT2D eigenvalue weighted by Gasteiger charge is 2.22. The van der Waals surface area contributed by atoms with Gasteiger partial charge in [-0.05, 0) is 19.4 Å². The van der Waals surface area contributed by atoms with Crippen molar-refractivity contribution in [1.82, 2.24) is 24.6 Å². The topological polar surface area (TPSA) is 88.0 Å². The van der Waals surface area contributed by atoms with Crippen LogP contribution in [-0.4, -0.2) is 31.0 Å². The zero-order valence-corrected chi connectivity index (χ0v) is 17.3. The van der Waals surface area contributed by atoms with Gasteiger partial charge in [-0.3, -0.25) is 14.9 Å². The van der Waals surface area contributed by atoms with E-state index in [1.54, 1.807) is 23.0 Å². The normalized spacial score (nSPS) is 13.3. The Kier molecular flexibility index (Phi) is 5.50. The minimum atomic E-state index is -0.533. The zero-order valence-electron chi connectivity index (χ0n) is 16.5. The molecule has 0 atom stereocenters. The first-order chi connectivity index (χ1) is 14.5. The van der Waals surface area contributed by atoms with Crippen LogP contribution in [-0.2, 0) is 4.79 Å². The fourth-order valence-electron chi connectivity index (χ4n) is 3.04. The number of rotatable bonds is 4. The van der Waals surface area contributed by atoms with Crippen LogP contribution in [0.4, 0.5) is 10.2 Å². The lowest BCUT2D eigenvalue weighted by Gasteiger charge is -2.12. The molecule has 154 valence electrons. The van der Waals surface area contributed by atoms with Crippen LogP contribution in [0.1, 0.15) is 38.7 Å². The summed E-state index contributed by atoms with van der Waals surface area (Å²) >= 11 is 6.41. The largest absolute Gasteiger partial charge is 0.312 e. The first kappa shape index (κ1) is 20.0. The molecule has 9 heteroatoms. The van der Waals surface area contributed by atoms with Gasteiger partial charge in [0.1, 0.15) is 0 Å². The van der Waals surface area contributed by atoms with Gasteiger partial charge in [-0.15, -0.1) is 0 Å². The predicted octanol–water partition coefficient (Wildman–Crippen LogP) is 5.23. The molecule has 1 saturated carbocycles. The van der Waals surface area contributed by atoms with Gasteiger partial charge in [-0.25, -0.2) is 9.37 Å². The van der Waals surface area contributed by atoms with Gasteiger partial charge in [0.05, 0.1) is 34.8 Å². The van der Waals surface area contributed by atoms with E-state index < -0.39 is 5.82 Å². The van der Waals surface area contributed by atoms with E-state index in [0.29, 0.717) is 45.6 Å². The molecule has 0 aliphatic heterocycles. The van der Waals surface area contributed by atoms with E-state index in [-0.39, 0.29) is 5.02 Å². The molecule has 0 spiro atoms. The number of nitrogens with zero attached hydrogens (tertiary/aromatic N) is 4. The third kappa shape index (κ3) is 3.66. The highest BCUT2D eigenvalue weighted by molar-refractivity contribution is 6.35. The van der Waals surface area contributed by atoms with Gasteiger partial charge in [0.15, 0.2) is 17.3 Å². The summed E-state index contributed by atoms with van der Waals surface area (Å²) in [7, 11) is 0. The maximum Gasteiger partial charge on any atom is 0.212 e. The Bertz CT molecular complexity index is 1270. The molecule has 1 amide bonds. The number of anilines is 1. The van der Waals surface area contributed by atoms with Crippen molar-refractivity contribution in [1.29, 1.82) is 0 Å². The van der Waals surface area contributed by atoms with E-state index in [1.165, 1.54) is 25.5 Å². The molecular weight excluding hydrogens is 407 g/mol. The molecule has 30 heavy (non-hydrogen) atoms. The first-order valence-electron chi connectivity index (χ1n) is 9.57. The summed E-state index contributed by atoms with van der Waals surface area (Å²) in [5.74, 6) is -0.149. The lowest BCUT2D eigenvalue weighted by atomic mass is 9.98. The van der Waals surface area contributed by atoms with Crippen LogP contribution in [0.2, 0.25) is 5.02 Å². The number of carbonyl (C=O) groups is 1. The second-order valence-corrected chi connectivity index (χ2v) is 7.37. The maximum absolute atomic E-state index is 15.1. The molecule has 7 nitrogen and oxygen atoms in total. The molecule has 2 N–H and O–H groups in total. The van der Waals surface area contributed by atoms with Gasteiger partial charge >= 0.3 is 0 Å². The monoisotopic (exact) mass is 426 g/mol. The van der Waals surface area contributed by atoms with Crippen LogP contribution < -0.4 is 5.32 Å². The number of hydrogen-bond donors (Lipinski definition) is 2. The van der Waals surface area contributed by atoms with Crippen molar-refractivity contribution in [3.8, 4) is 11.3 Å². The van der Waals surface area contributed by atoms with Crippen molar-refractivity contribution in [2.45, 2.75) is 33.1 Å². The Morgan fingerprint density at radius 3 is 2.73 bits per heavy atom. The molecule has 1 aromatic carbocycles. The smallest absolute Gasteiger partial charge is 0.212 e. The van der Waals surface area contributed by atoms with Crippen LogP contribution in [0, 0.1) is 5.82 Å². The number of fused-ring (bicyclic) bond motifs is 2. The lowest BCUT2D eigenvalue weighted by molar-refractivity contribution is -0.105. The molecule has 0 saturated heterocycles. The molecular formula is C21H20ClFN6O. The van der Waals surface area contributed by atoms with Gasteiger partial charge < -0.3 is 9.72 Å². The fraction of sp³-hybridized carbons (Fsp3) is 0.238. The average Bonchev–Trinajstić information content (AvgIpc) is 3.46. The Morgan fingerprint density at radius 1 is 1.30 bits per heavy atom. The van der Waals surface area contributed by atoms with Crippen molar-refractivity contribution in [3.63, 3.8) is 0 Å². The number of imidazole rings is 1. The van der Waals surface area contributed by atoms with Crippen molar-refractivity contribution < 1.29 is 9.18 Å². The number of H-pyrrole nitrogens is 1. The molecule has 3 aromatic heterocycles. The van der Waals surface area contributed by atoms with Crippen molar-refractivity contribution in [2.24, 2.45) is 0 Å². The molecule has 3 heterocycles. The summed E-state index contributed by atoms with van der Waals surface area (Å²) in [6.07, 6.45) is 13.3. The minimum absolute atomic E-state index is 0.0293. The molecule has 0 radical (unpaired) electrons. The van der Waals surface area contributed by atoms with E-state index in [0.717, 1.165) is 5.57 Å². The second-order valence-electron chi connectivity index (χ2n) is 7.00. The van der Waals surface area contributed by atoms with Gasteiger partial charge in [0.25, 0.3) is 0 Å². The summed E-state index contributed by atoms with van der Waals surface area (Å²) < 4.78 is 16.8. The van der Waals surface area contributed by atoms with E-state index in [4.69, 9.17) is 11.6 Å². The molecule has 1 fully saturated rings. The van der Waals surface area contributed by atoms with Crippen molar-refractivity contribution >= 4 is 46.0 Å². The van der Waals surface area contributed by atoms with Crippen LogP contribution in [0.3, 0.4) is 0 Å². The molecule has 1 aliphatic carbocycles. The average molecular weight is 427 g/mol. The van der Waals surface area contributed by atoms with Crippen molar-refractivity contribution in [2.75, 3.05) is 5.32 Å². The number of aromatic nitrogens is 5. The van der Waals surface area contributed by atoms with Crippen LogP contribution >= 0.6 is 11.6 Å². The predicted molar refractivity (Wildman–Crippen MR) is 116 cm³/mol. The number of hydrogen-bond acceptors (Lipinski definition) is 4. The maximum atomic E-state index is 15.1. The number of halogens is 2. The summed E-state index contributed by atoms with van der Waals surface area (Å²) in [6.45, 7) is 3.64. The zero-order chi connectivity index (χ0) is 21.3. The number of carbonyl (C=O) groups excluding carboxylic acids is 1. The molecule has 5 rings (SSSR count). The van der Waals surface area contributed by atoms with E-state index in [1.807, 2.05) is 19.9 Å². The summed E-state index contributed by atoms with van der Waals surface area (Å²) in [6, 6.07) is 0. The molecule has 0 bridgehead atoms. The summed E-state index contributed by atoms with van der Waals surface area (Å²) in [5.41, 5.74) is 3.11. The Balaban J connectivity index is 0.000000667. The van der Waals surface area contributed by atoms with E-state index >= 15 is 4.39 Å². The number of allylic oxidation sites excluding steroid dienone is 2. The third-order valence-electron chi connectivity index (χ3n) is 4.78. The first-order valence-corrected chi connectivity index (χ1v) is 9.95. The SMILES string of the molecule is C/C=C(\C)c1c(F)c(Cl)c(-c2cn3cc(NC=O)nc3cn2)c2cn[nH]c12.C1CC1. The summed E-state index contributed by atoms with van der Waals surface area (Å²) in [5, 5.41) is 10.0. The number of benzene rings is 1. The third-order valence-corrected chi connectivity index (χ3v) is 5.13. The fourth-order valence-corrected chi connectivity index (χ4v) is 3.33. The van der Waals surface area contributed by atoms with Crippen LogP contribution in [0.5, 0.6) is 0 Å². The van der Waals surface area contributed by atoms with Gasteiger partial charge in [0, 0.05) is 22.7 Å². The van der Waals surface area contributed by atoms with Crippen LogP contribution in [0.25, 0.3) is 33.4 Å². The Hall–Kier alpha value is -3.26. The quantitative estimate of drug-likeness (QED) is 0.437. The second kappa shape index (κ2) is 8.23. The highest BCUT2D eigenvalue weighted by Crippen LogP contribution is 2.40. The Labute approximate surface area is 177 Å². The van der Waals surface area contributed by atoms with E-state index in [2.05, 4.69) is 25.5 Å². The molecule has 4 aromatic rings. The van der Waals surface area contributed by atoms with Crippen LogP contribution in [0.15, 0.2) is 30.9 Å². The summed E-state index contributed by atoms with van der Waals surface area (Å²) in [4.78, 5) is 19.2.